The Morgan fingerprint density at radius 2 is 1.96 bits per heavy atom. The number of nitrogens with one attached hydrogen (secondary N) is 2. The number of carbonyl (C=O) groups excluding carboxylic acids is 1. The first-order valence-corrected chi connectivity index (χ1v) is 11.0. The Balaban J connectivity index is 1.48. The molecule has 1 aliphatic carbocycles. The number of hydrogen-bond donors (Lipinski definition) is 3. The first-order chi connectivity index (χ1) is 12.9. The highest BCUT2D eigenvalue weighted by Crippen LogP contribution is 2.30. The average molecular weight is 397 g/mol. The average Bonchev–Trinajstić information content (AvgIpc) is 3.48. The molecule has 1 saturated carbocycles. The van der Waals surface area contributed by atoms with Gasteiger partial charge in [-0.3, -0.25) is 4.79 Å². The third-order valence-electron chi connectivity index (χ3n) is 5.21. The number of aliphatic hydroxyl groups is 1. The normalized spacial score (nSPS) is 25.9. The number of benzene rings is 1. The van der Waals surface area contributed by atoms with Gasteiger partial charge in [-0.1, -0.05) is 18.2 Å². The van der Waals surface area contributed by atoms with Crippen molar-refractivity contribution < 1.29 is 23.1 Å². The molecule has 1 amide bonds. The van der Waals surface area contributed by atoms with Gasteiger partial charge in [-0.2, -0.15) is 0 Å². The molecule has 150 valence electrons. The van der Waals surface area contributed by atoms with E-state index < -0.39 is 16.1 Å². The SMILES string of the molecule is Cc1ccccc1S(=O)(=O)NCC[C@H]1CC[C@@H](NC(=O)C2CC2)[C@@H](CO)O1. The zero-order valence-electron chi connectivity index (χ0n) is 15.6. The summed E-state index contributed by atoms with van der Waals surface area (Å²) in [5, 5.41) is 12.6. The van der Waals surface area contributed by atoms with Crippen LogP contribution in [0.25, 0.3) is 0 Å². The molecular weight excluding hydrogens is 368 g/mol. The van der Waals surface area contributed by atoms with Crippen LogP contribution in [0, 0.1) is 12.8 Å². The van der Waals surface area contributed by atoms with Crippen LogP contribution < -0.4 is 10.0 Å². The molecule has 1 saturated heterocycles. The summed E-state index contributed by atoms with van der Waals surface area (Å²) < 4.78 is 33.4. The summed E-state index contributed by atoms with van der Waals surface area (Å²) in [5.74, 6) is 0.171. The second kappa shape index (κ2) is 8.68. The lowest BCUT2D eigenvalue weighted by Crippen LogP contribution is -2.51. The Labute approximate surface area is 160 Å². The molecule has 8 heteroatoms. The summed E-state index contributed by atoms with van der Waals surface area (Å²) >= 11 is 0. The number of sulfonamides is 1. The second-order valence-corrected chi connectivity index (χ2v) is 9.13. The van der Waals surface area contributed by atoms with Crippen molar-refractivity contribution in [3.05, 3.63) is 29.8 Å². The highest BCUT2D eigenvalue weighted by molar-refractivity contribution is 7.89. The molecule has 2 aliphatic rings. The molecule has 27 heavy (non-hydrogen) atoms. The van der Waals surface area contributed by atoms with E-state index in [4.69, 9.17) is 4.74 Å². The van der Waals surface area contributed by atoms with Crippen molar-refractivity contribution in [1.82, 2.24) is 10.0 Å². The van der Waals surface area contributed by atoms with Crippen LogP contribution in [0.4, 0.5) is 0 Å². The maximum atomic E-state index is 12.4. The summed E-state index contributed by atoms with van der Waals surface area (Å²) in [6.45, 7) is 1.86. The van der Waals surface area contributed by atoms with Gasteiger partial charge in [-0.25, -0.2) is 13.1 Å². The lowest BCUT2D eigenvalue weighted by atomic mass is 9.97. The summed E-state index contributed by atoms with van der Waals surface area (Å²) in [6.07, 6.45) is 3.25. The molecular formula is C19H28N2O5S. The molecule has 3 N–H and O–H groups in total. The molecule has 0 spiro atoms. The number of rotatable bonds is 8. The summed E-state index contributed by atoms with van der Waals surface area (Å²) in [7, 11) is -3.55. The fourth-order valence-corrected chi connectivity index (χ4v) is 4.74. The molecule has 7 nitrogen and oxygen atoms in total. The van der Waals surface area contributed by atoms with Crippen molar-refractivity contribution in [2.75, 3.05) is 13.2 Å². The van der Waals surface area contributed by atoms with E-state index in [2.05, 4.69) is 10.0 Å². The number of ether oxygens (including phenoxy) is 1. The summed E-state index contributed by atoms with van der Waals surface area (Å²) in [4.78, 5) is 12.2. The lowest BCUT2D eigenvalue weighted by molar-refractivity contribution is -0.129. The van der Waals surface area contributed by atoms with Crippen molar-refractivity contribution >= 4 is 15.9 Å². The van der Waals surface area contributed by atoms with E-state index in [-0.39, 0.29) is 42.0 Å². The Kier molecular flexibility index (Phi) is 6.52. The van der Waals surface area contributed by atoms with Crippen molar-refractivity contribution in [2.45, 2.75) is 62.2 Å². The summed E-state index contributed by atoms with van der Waals surface area (Å²) in [5.41, 5.74) is 0.702. The largest absolute Gasteiger partial charge is 0.394 e. The molecule has 0 bridgehead atoms. The van der Waals surface area contributed by atoms with Crippen LogP contribution in [0.5, 0.6) is 0 Å². The smallest absolute Gasteiger partial charge is 0.240 e. The molecule has 1 aromatic rings. The van der Waals surface area contributed by atoms with Crippen molar-refractivity contribution in [3.63, 3.8) is 0 Å². The number of aryl methyl sites for hydroxylation is 1. The predicted molar refractivity (Wildman–Crippen MR) is 101 cm³/mol. The molecule has 0 radical (unpaired) electrons. The monoisotopic (exact) mass is 396 g/mol. The fourth-order valence-electron chi connectivity index (χ4n) is 3.45. The highest BCUT2D eigenvalue weighted by Gasteiger charge is 2.36. The Morgan fingerprint density at radius 3 is 2.63 bits per heavy atom. The van der Waals surface area contributed by atoms with Crippen LogP contribution in [0.2, 0.25) is 0 Å². The van der Waals surface area contributed by atoms with E-state index in [1.165, 1.54) is 0 Å². The maximum absolute atomic E-state index is 12.4. The minimum atomic E-state index is -3.55. The molecule has 3 rings (SSSR count). The molecule has 3 atom stereocenters. The number of amides is 1. The van der Waals surface area contributed by atoms with Crippen molar-refractivity contribution in [2.24, 2.45) is 5.92 Å². The number of aliphatic hydroxyl groups excluding tert-OH is 1. The van der Waals surface area contributed by atoms with Crippen LogP contribution in [0.3, 0.4) is 0 Å². The number of hydrogen-bond acceptors (Lipinski definition) is 5. The molecule has 1 heterocycles. The van der Waals surface area contributed by atoms with Gasteiger partial charge in [-0.05, 0) is 50.7 Å². The van der Waals surface area contributed by atoms with E-state index >= 15 is 0 Å². The van der Waals surface area contributed by atoms with Gasteiger partial charge >= 0.3 is 0 Å². The molecule has 0 unspecified atom stereocenters. The Bertz CT molecular complexity index is 763. The minimum Gasteiger partial charge on any atom is -0.394 e. The van der Waals surface area contributed by atoms with E-state index in [0.717, 1.165) is 25.7 Å². The van der Waals surface area contributed by atoms with Crippen LogP contribution in [-0.2, 0) is 19.6 Å². The van der Waals surface area contributed by atoms with Gasteiger partial charge in [0.1, 0.15) is 6.10 Å². The first kappa shape index (κ1) is 20.3. The Morgan fingerprint density at radius 1 is 1.22 bits per heavy atom. The maximum Gasteiger partial charge on any atom is 0.240 e. The fraction of sp³-hybridized carbons (Fsp3) is 0.632. The predicted octanol–water partition coefficient (Wildman–Crippen LogP) is 1.10. The van der Waals surface area contributed by atoms with Gasteiger partial charge in [-0.15, -0.1) is 0 Å². The van der Waals surface area contributed by atoms with Gasteiger partial charge in [0.15, 0.2) is 0 Å². The van der Waals surface area contributed by atoms with E-state index in [1.54, 1.807) is 31.2 Å². The van der Waals surface area contributed by atoms with Gasteiger partial charge in [0.25, 0.3) is 0 Å². The topological polar surface area (TPSA) is 105 Å². The molecule has 0 aromatic heterocycles. The van der Waals surface area contributed by atoms with E-state index in [9.17, 15) is 18.3 Å². The standard InChI is InChI=1S/C19H28N2O5S/c1-13-4-2-3-5-18(13)27(24,25)20-11-10-15-8-9-16(17(12-22)26-15)21-19(23)14-6-7-14/h2-5,14-17,20,22H,6-12H2,1H3,(H,21,23)/t15-,16-,17-/m1/s1. The Hall–Kier alpha value is -1.48. The van der Waals surface area contributed by atoms with E-state index in [0.29, 0.717) is 12.0 Å². The number of carbonyl (C=O) groups is 1. The van der Waals surface area contributed by atoms with Gasteiger partial charge < -0.3 is 15.2 Å². The van der Waals surface area contributed by atoms with Crippen molar-refractivity contribution in [3.8, 4) is 0 Å². The zero-order valence-corrected chi connectivity index (χ0v) is 16.4. The van der Waals surface area contributed by atoms with Gasteiger partial charge in [0.05, 0.1) is 23.6 Å². The van der Waals surface area contributed by atoms with Crippen LogP contribution >= 0.6 is 0 Å². The lowest BCUT2D eigenvalue weighted by Gasteiger charge is -2.36. The third kappa shape index (κ3) is 5.28. The summed E-state index contributed by atoms with van der Waals surface area (Å²) in [6, 6.07) is 6.68. The van der Waals surface area contributed by atoms with Gasteiger partial charge in [0.2, 0.25) is 15.9 Å². The third-order valence-corrected chi connectivity index (χ3v) is 6.83. The van der Waals surface area contributed by atoms with Crippen LogP contribution in [0.1, 0.15) is 37.7 Å². The molecule has 2 fully saturated rings. The van der Waals surface area contributed by atoms with Crippen molar-refractivity contribution in [1.29, 1.82) is 0 Å². The van der Waals surface area contributed by atoms with Gasteiger partial charge in [0, 0.05) is 12.5 Å². The van der Waals surface area contributed by atoms with Crippen LogP contribution in [0.15, 0.2) is 29.2 Å². The zero-order chi connectivity index (χ0) is 19.4. The molecule has 1 aromatic carbocycles. The second-order valence-electron chi connectivity index (χ2n) is 7.40. The minimum absolute atomic E-state index is 0.0477. The molecule has 1 aliphatic heterocycles. The van der Waals surface area contributed by atoms with Crippen LogP contribution in [-0.4, -0.2) is 50.8 Å². The van der Waals surface area contributed by atoms with E-state index in [1.807, 2.05) is 0 Å². The quantitative estimate of drug-likeness (QED) is 0.610. The highest BCUT2D eigenvalue weighted by atomic mass is 32.2. The first-order valence-electron chi connectivity index (χ1n) is 9.52.